The molecule has 0 saturated carbocycles. The third-order valence-corrected chi connectivity index (χ3v) is 9.50. The summed E-state index contributed by atoms with van der Waals surface area (Å²) < 4.78 is 92.4. The third kappa shape index (κ3) is 8.95. The summed E-state index contributed by atoms with van der Waals surface area (Å²) in [7, 11) is 0. The predicted octanol–water partition coefficient (Wildman–Crippen LogP) is 14.5. The molecule has 58 heavy (non-hydrogen) atoms. The summed E-state index contributed by atoms with van der Waals surface area (Å²) in [5.41, 5.74) is 9.48. The van der Waals surface area contributed by atoms with Gasteiger partial charge in [0.2, 0.25) is 0 Å². The largest absolute Gasteiger partial charge is 0.500 e. The Morgan fingerprint density at radius 2 is 1.26 bits per heavy atom. The van der Waals surface area contributed by atoms with Crippen molar-refractivity contribution in [2.24, 2.45) is 5.41 Å². The van der Waals surface area contributed by atoms with Crippen molar-refractivity contribution in [1.82, 2.24) is 9.97 Å². The number of pyridine rings is 2. The van der Waals surface area contributed by atoms with E-state index in [1.807, 2.05) is 42.5 Å². The van der Waals surface area contributed by atoms with Crippen LogP contribution in [0.2, 0.25) is 0 Å². The van der Waals surface area contributed by atoms with Crippen LogP contribution in [-0.4, -0.2) is 9.97 Å². The zero-order chi connectivity index (χ0) is 48.8. The number of hydrogen-bond donors (Lipinski definition) is 0. The minimum absolute atomic E-state index is 0. The summed E-state index contributed by atoms with van der Waals surface area (Å²) in [6.07, 6.45) is 0.631. The van der Waals surface area contributed by atoms with E-state index in [-0.39, 0.29) is 42.4 Å². The molecule has 1 radical (unpaired) electrons. The van der Waals surface area contributed by atoms with Crippen molar-refractivity contribution in [3.05, 3.63) is 192 Å². The number of benzene rings is 6. The Hall–Kier alpha value is -5.93. The zero-order valence-corrected chi connectivity index (χ0v) is 34.5. The molecule has 0 saturated heterocycles. The van der Waals surface area contributed by atoms with Crippen molar-refractivity contribution < 1.29 is 39.6 Å². The number of nitrogens with zero attached hydrogens (tertiary/aromatic N) is 2. The molecule has 9 rings (SSSR count). The summed E-state index contributed by atoms with van der Waals surface area (Å²) in [6, 6.07) is 52.4. The zero-order valence-electron chi connectivity index (χ0n) is 43.1. The maximum atomic E-state index is 8.94. The van der Waals surface area contributed by atoms with Crippen LogP contribution in [-0.2, 0) is 26.5 Å². The van der Waals surface area contributed by atoms with Crippen LogP contribution < -0.4 is 0 Å². The van der Waals surface area contributed by atoms with E-state index in [2.05, 4.69) is 82.8 Å². The molecule has 6 aromatic carbocycles. The van der Waals surface area contributed by atoms with Gasteiger partial charge < -0.3 is 14.4 Å². The minimum Gasteiger partial charge on any atom is -0.500 e. The van der Waals surface area contributed by atoms with Gasteiger partial charge in [-0.15, -0.1) is 53.6 Å². The fraction of sp³-hybridized carbons (Fsp3) is 0.148. The molecule has 0 atom stereocenters. The van der Waals surface area contributed by atoms with Gasteiger partial charge in [0.25, 0.3) is 0 Å². The van der Waals surface area contributed by atoms with Gasteiger partial charge in [-0.25, -0.2) is 0 Å². The van der Waals surface area contributed by atoms with Crippen molar-refractivity contribution in [3.8, 4) is 55.9 Å². The van der Waals surface area contributed by atoms with Gasteiger partial charge >= 0.3 is 0 Å². The first-order valence-electron chi connectivity index (χ1n) is 24.1. The molecular weight excluding hydrogens is 885 g/mol. The number of para-hydroxylation sites is 1. The molecule has 0 aliphatic rings. The fourth-order valence-electron chi connectivity index (χ4n) is 6.75. The molecule has 289 valence electrons. The van der Waals surface area contributed by atoms with Crippen molar-refractivity contribution in [2.75, 3.05) is 0 Å². The second-order valence-corrected chi connectivity index (χ2v) is 14.8. The second-order valence-electron chi connectivity index (χ2n) is 14.8. The van der Waals surface area contributed by atoms with Gasteiger partial charge in [0.05, 0.1) is 5.58 Å². The summed E-state index contributed by atoms with van der Waals surface area (Å²) in [4.78, 5) is 8.59. The molecule has 0 unspecified atom stereocenters. The van der Waals surface area contributed by atoms with Gasteiger partial charge in [-0.3, -0.25) is 0 Å². The first-order chi connectivity index (χ1) is 32.0. The van der Waals surface area contributed by atoms with Crippen LogP contribution in [0.5, 0.6) is 0 Å². The molecule has 0 fully saturated rings. The van der Waals surface area contributed by atoms with Gasteiger partial charge in [0.1, 0.15) is 5.58 Å². The Kier molecular flexibility index (Phi) is 8.48. The van der Waals surface area contributed by atoms with E-state index in [1.165, 1.54) is 41.7 Å². The first kappa shape index (κ1) is 28.5. The number of aryl methyl sites for hydroxylation is 3. The smallest absolute Gasteiger partial charge is 0.128 e. The molecule has 9 aromatic rings. The van der Waals surface area contributed by atoms with Crippen molar-refractivity contribution >= 4 is 21.9 Å². The van der Waals surface area contributed by atoms with Crippen molar-refractivity contribution in [3.63, 3.8) is 0 Å². The fourth-order valence-corrected chi connectivity index (χ4v) is 6.75. The van der Waals surface area contributed by atoms with Crippen LogP contribution in [0.1, 0.15) is 58.1 Å². The molecule has 4 heteroatoms. The van der Waals surface area contributed by atoms with Crippen LogP contribution in [0, 0.1) is 38.1 Å². The second kappa shape index (κ2) is 17.3. The normalized spacial score (nSPS) is 14.9. The van der Waals surface area contributed by atoms with E-state index in [0.717, 1.165) is 38.6 Å². The molecule has 0 aliphatic heterocycles. The van der Waals surface area contributed by atoms with E-state index < -0.39 is 32.3 Å². The molecule has 0 N–H and O–H groups in total. The molecule has 0 bridgehead atoms. The maximum Gasteiger partial charge on any atom is 0.128 e. The minimum atomic E-state index is -2.52. The van der Waals surface area contributed by atoms with Gasteiger partial charge in [0, 0.05) is 58.5 Å². The van der Waals surface area contributed by atoms with E-state index in [1.54, 1.807) is 45.0 Å². The first-order valence-corrected chi connectivity index (χ1v) is 18.6. The average molecular weight is 942 g/mol. The predicted molar refractivity (Wildman–Crippen MR) is 238 cm³/mol. The van der Waals surface area contributed by atoms with E-state index in [9.17, 15) is 0 Å². The number of aromatic nitrogens is 2. The SMILES string of the molecule is [2H]C([2H])([2H])c1c[c-]c(-c2ccc(C([2H])([2H])[2H])cn2)cc1.[2H]C([2H])([2H])c1cnc(-c2[c-]ccc3c2oc2c(-c4ccc(-c5ccc(-c6ccccc6)cc5)cc4)cccc23)cc1C([2H])([2H])C(C)(C)C.[Ir]. The molecule has 0 aliphatic carbocycles. The van der Waals surface area contributed by atoms with Gasteiger partial charge in [-0.1, -0.05) is 159 Å². The van der Waals surface area contributed by atoms with Crippen molar-refractivity contribution in [1.29, 1.82) is 0 Å². The summed E-state index contributed by atoms with van der Waals surface area (Å²) in [5.74, 6) is 0. The molecule has 3 heterocycles. The number of rotatable bonds is 6. The van der Waals surface area contributed by atoms with Crippen LogP contribution in [0.3, 0.4) is 0 Å². The summed E-state index contributed by atoms with van der Waals surface area (Å²) >= 11 is 0. The monoisotopic (exact) mass is 942 g/mol. The van der Waals surface area contributed by atoms with Crippen LogP contribution in [0.15, 0.2) is 162 Å². The maximum absolute atomic E-state index is 8.94. The Labute approximate surface area is 371 Å². The number of hydrogen-bond acceptors (Lipinski definition) is 3. The van der Waals surface area contributed by atoms with Gasteiger partial charge in [-0.2, -0.15) is 0 Å². The van der Waals surface area contributed by atoms with Crippen molar-refractivity contribution in [2.45, 2.75) is 47.7 Å². The standard InChI is InChI=1S/C41H34NO.C13H12N.Ir/c1-27-26-42-38(24-33(27)25-41(2,3)4)37-15-9-14-36-35-13-8-12-34(39(35)43-40(36)37)32-22-20-31(21-23-32)30-18-16-29(17-19-30)28-10-6-5-7-11-28;1-10-3-6-12(7-4-10)13-8-5-11(2)9-14-13;/h5-14,16-24,26H,25H2,1-4H3;3-6,8-9H,1-2H3;/q2*-1;/i1D3,25D2;1D3,2D3;. The molecule has 3 aromatic heterocycles. The topological polar surface area (TPSA) is 38.9 Å². The van der Waals surface area contributed by atoms with Gasteiger partial charge in [0.15, 0.2) is 0 Å². The van der Waals surface area contributed by atoms with E-state index >= 15 is 0 Å². The number of furan rings is 1. The Morgan fingerprint density at radius 1 is 0.603 bits per heavy atom. The number of fused-ring (bicyclic) bond motifs is 3. The van der Waals surface area contributed by atoms with Crippen LogP contribution in [0.4, 0.5) is 0 Å². The molecular formula is C54H46IrN2O-2. The van der Waals surface area contributed by atoms with E-state index in [4.69, 9.17) is 19.5 Å². The molecule has 0 amide bonds. The Morgan fingerprint density at radius 3 is 1.88 bits per heavy atom. The van der Waals surface area contributed by atoms with Crippen LogP contribution >= 0.6 is 0 Å². The Balaban J connectivity index is 0.000000281. The summed E-state index contributed by atoms with van der Waals surface area (Å²) in [5, 5.41) is 1.81. The van der Waals surface area contributed by atoms with Gasteiger partial charge in [-0.05, 0) is 75.8 Å². The molecule has 3 nitrogen and oxygen atoms in total. The quantitative estimate of drug-likeness (QED) is 0.156. The Bertz CT molecular complexity index is 3150. The third-order valence-electron chi connectivity index (χ3n) is 9.50. The molecule has 0 spiro atoms. The summed E-state index contributed by atoms with van der Waals surface area (Å²) in [6.45, 7) is -1.58. The average Bonchev–Trinajstić information content (AvgIpc) is 3.70. The van der Waals surface area contributed by atoms with Crippen LogP contribution in [0.25, 0.3) is 77.8 Å². The van der Waals surface area contributed by atoms with E-state index in [0.29, 0.717) is 28.1 Å².